The van der Waals surface area contributed by atoms with Crippen LogP contribution in [0.5, 0.6) is 0 Å². The maximum Gasteiger partial charge on any atom is 0.270 e. The molecule has 146 valence electrons. The van der Waals surface area contributed by atoms with Crippen LogP contribution in [0.15, 0.2) is 42.5 Å². The van der Waals surface area contributed by atoms with Crippen LogP contribution in [0.4, 0.5) is 21.5 Å². The van der Waals surface area contributed by atoms with E-state index in [0.29, 0.717) is 37.7 Å². The number of carbonyl (C=O) groups excluding carboxylic acids is 1. The topological polar surface area (TPSA) is 96.7 Å². The molecule has 10 heteroatoms. The monoisotopic (exact) mass is 404 g/mol. The molecule has 1 aliphatic heterocycles. The van der Waals surface area contributed by atoms with Gasteiger partial charge in [0.1, 0.15) is 5.82 Å². The molecule has 0 unspecified atom stereocenters. The van der Waals surface area contributed by atoms with Gasteiger partial charge in [-0.05, 0) is 42.5 Å². The molecule has 0 saturated carbocycles. The fourth-order valence-corrected chi connectivity index (χ4v) is 2.98. The highest BCUT2D eigenvalue weighted by molar-refractivity contribution is 7.80. The zero-order valence-corrected chi connectivity index (χ0v) is 15.5. The third-order valence-corrected chi connectivity index (χ3v) is 4.32. The summed E-state index contributed by atoms with van der Waals surface area (Å²) in [6.07, 6.45) is 0. The quantitative estimate of drug-likeness (QED) is 0.459. The number of nitrogens with one attached hydrogen (secondary N) is 2. The van der Waals surface area contributed by atoms with Gasteiger partial charge in [0.25, 0.3) is 11.6 Å². The second-order valence-electron chi connectivity index (χ2n) is 5.97. The molecule has 1 aliphatic rings. The van der Waals surface area contributed by atoms with Crippen LogP contribution in [0.2, 0.25) is 0 Å². The van der Waals surface area contributed by atoms with E-state index in [1.165, 1.54) is 36.4 Å². The van der Waals surface area contributed by atoms with Crippen LogP contribution in [0, 0.1) is 15.9 Å². The summed E-state index contributed by atoms with van der Waals surface area (Å²) in [6, 6.07) is 9.58. The lowest BCUT2D eigenvalue weighted by Gasteiger charge is -2.30. The summed E-state index contributed by atoms with van der Waals surface area (Å²) >= 11 is 5.12. The standard InChI is InChI=1S/C18H17FN4O4S/c19-12-1-3-13(4-2-12)20-18(28)21-17(24)15-11-14(23(25)26)5-6-16(15)22-7-9-27-10-8-22/h1-6,11H,7-10H2,(H2,20,21,24,28). The average Bonchev–Trinajstić information content (AvgIpc) is 2.69. The van der Waals surface area contributed by atoms with Gasteiger partial charge in [-0.25, -0.2) is 4.39 Å². The Morgan fingerprint density at radius 2 is 1.86 bits per heavy atom. The van der Waals surface area contributed by atoms with Crippen molar-refractivity contribution in [2.24, 2.45) is 0 Å². The summed E-state index contributed by atoms with van der Waals surface area (Å²) in [4.78, 5) is 25.3. The van der Waals surface area contributed by atoms with Gasteiger partial charge in [-0.2, -0.15) is 0 Å². The Bertz CT molecular complexity index is 901. The van der Waals surface area contributed by atoms with Gasteiger partial charge in [0.2, 0.25) is 0 Å². The van der Waals surface area contributed by atoms with E-state index in [1.54, 1.807) is 6.07 Å². The van der Waals surface area contributed by atoms with E-state index in [9.17, 15) is 19.3 Å². The predicted octanol–water partition coefficient (Wildman–Crippen LogP) is 2.70. The third kappa shape index (κ3) is 4.78. The molecule has 0 bridgehead atoms. The molecule has 3 rings (SSSR count). The first kappa shape index (κ1) is 19.6. The molecule has 1 heterocycles. The van der Waals surface area contributed by atoms with Crippen molar-refractivity contribution in [3.63, 3.8) is 0 Å². The van der Waals surface area contributed by atoms with Gasteiger partial charge in [0.15, 0.2) is 5.11 Å². The number of morpholine rings is 1. The molecule has 2 aromatic rings. The van der Waals surface area contributed by atoms with Gasteiger partial charge < -0.3 is 15.0 Å². The number of non-ortho nitro benzene ring substituents is 1. The lowest BCUT2D eigenvalue weighted by molar-refractivity contribution is -0.384. The van der Waals surface area contributed by atoms with Crippen molar-refractivity contribution in [1.82, 2.24) is 5.32 Å². The zero-order chi connectivity index (χ0) is 20.1. The number of thiocarbonyl (C=S) groups is 1. The second-order valence-corrected chi connectivity index (χ2v) is 6.38. The van der Waals surface area contributed by atoms with Crippen molar-refractivity contribution in [3.05, 3.63) is 64.0 Å². The highest BCUT2D eigenvalue weighted by Gasteiger charge is 2.22. The smallest absolute Gasteiger partial charge is 0.270 e. The number of hydrogen-bond acceptors (Lipinski definition) is 6. The lowest BCUT2D eigenvalue weighted by Crippen LogP contribution is -2.39. The van der Waals surface area contributed by atoms with Crippen LogP contribution in [0.25, 0.3) is 0 Å². The molecular formula is C18H17FN4O4S. The molecule has 1 fully saturated rings. The van der Waals surface area contributed by atoms with Gasteiger partial charge in [-0.1, -0.05) is 0 Å². The van der Waals surface area contributed by atoms with Crippen molar-refractivity contribution in [2.45, 2.75) is 0 Å². The molecule has 2 N–H and O–H groups in total. The molecule has 8 nitrogen and oxygen atoms in total. The first-order valence-corrected chi connectivity index (χ1v) is 8.84. The van der Waals surface area contributed by atoms with Crippen molar-refractivity contribution < 1.29 is 18.8 Å². The van der Waals surface area contributed by atoms with Crippen LogP contribution >= 0.6 is 12.2 Å². The van der Waals surface area contributed by atoms with Gasteiger partial charge in [-0.3, -0.25) is 20.2 Å². The first-order valence-electron chi connectivity index (χ1n) is 8.43. The van der Waals surface area contributed by atoms with E-state index in [0.717, 1.165) is 0 Å². The van der Waals surface area contributed by atoms with Crippen molar-refractivity contribution in [2.75, 3.05) is 36.5 Å². The van der Waals surface area contributed by atoms with Crippen LogP contribution in [-0.4, -0.2) is 42.2 Å². The number of benzene rings is 2. The molecule has 0 aromatic heterocycles. The molecule has 28 heavy (non-hydrogen) atoms. The Morgan fingerprint density at radius 1 is 1.18 bits per heavy atom. The highest BCUT2D eigenvalue weighted by Crippen LogP contribution is 2.26. The molecule has 0 radical (unpaired) electrons. The van der Waals surface area contributed by atoms with E-state index >= 15 is 0 Å². The maximum absolute atomic E-state index is 13.0. The zero-order valence-electron chi connectivity index (χ0n) is 14.7. The van der Waals surface area contributed by atoms with Crippen LogP contribution in [0.3, 0.4) is 0 Å². The molecular weight excluding hydrogens is 387 g/mol. The Hall–Kier alpha value is -3.11. The Labute approximate surface area is 165 Å². The van der Waals surface area contributed by atoms with Crippen molar-refractivity contribution in [3.8, 4) is 0 Å². The number of hydrogen-bond donors (Lipinski definition) is 2. The second kappa shape index (κ2) is 8.72. The first-order chi connectivity index (χ1) is 13.4. The summed E-state index contributed by atoms with van der Waals surface area (Å²) < 4.78 is 18.3. The number of halogens is 1. The molecule has 1 amide bonds. The summed E-state index contributed by atoms with van der Waals surface area (Å²) in [5.41, 5.74) is 1.01. The minimum absolute atomic E-state index is 0.00367. The average molecular weight is 404 g/mol. The number of amides is 1. The van der Waals surface area contributed by atoms with E-state index in [2.05, 4.69) is 10.6 Å². The summed E-state index contributed by atoms with van der Waals surface area (Å²) in [5, 5.41) is 16.4. The predicted molar refractivity (Wildman–Crippen MR) is 106 cm³/mol. The molecule has 0 spiro atoms. The fraction of sp³-hybridized carbons (Fsp3) is 0.222. The molecule has 2 aromatic carbocycles. The Morgan fingerprint density at radius 3 is 2.50 bits per heavy atom. The van der Waals surface area contributed by atoms with Gasteiger partial charge >= 0.3 is 0 Å². The normalized spacial score (nSPS) is 13.7. The lowest BCUT2D eigenvalue weighted by atomic mass is 10.1. The molecule has 0 atom stereocenters. The van der Waals surface area contributed by atoms with Gasteiger partial charge in [-0.15, -0.1) is 0 Å². The fourth-order valence-electron chi connectivity index (χ4n) is 2.77. The number of nitro benzene ring substituents is 1. The largest absolute Gasteiger partial charge is 0.378 e. The summed E-state index contributed by atoms with van der Waals surface area (Å²) in [7, 11) is 0. The van der Waals surface area contributed by atoms with E-state index < -0.39 is 16.6 Å². The number of carbonyl (C=O) groups is 1. The van der Waals surface area contributed by atoms with Crippen LogP contribution < -0.4 is 15.5 Å². The number of ether oxygens (including phenoxy) is 1. The van der Waals surface area contributed by atoms with Crippen LogP contribution in [0.1, 0.15) is 10.4 Å². The number of anilines is 2. The van der Waals surface area contributed by atoms with E-state index in [4.69, 9.17) is 17.0 Å². The van der Waals surface area contributed by atoms with Crippen LogP contribution in [-0.2, 0) is 4.74 Å². The third-order valence-electron chi connectivity index (χ3n) is 4.12. The number of nitrogens with zero attached hydrogens (tertiary/aromatic N) is 2. The highest BCUT2D eigenvalue weighted by atomic mass is 32.1. The van der Waals surface area contributed by atoms with E-state index in [-0.39, 0.29) is 16.4 Å². The summed E-state index contributed by atoms with van der Waals surface area (Å²) in [6.45, 7) is 2.14. The summed E-state index contributed by atoms with van der Waals surface area (Å²) in [5.74, 6) is -0.975. The molecule has 1 saturated heterocycles. The molecule has 0 aliphatic carbocycles. The van der Waals surface area contributed by atoms with Gasteiger partial charge in [0, 0.05) is 30.9 Å². The minimum Gasteiger partial charge on any atom is -0.378 e. The van der Waals surface area contributed by atoms with E-state index in [1.807, 2.05) is 4.90 Å². The Kier molecular flexibility index (Phi) is 6.12. The van der Waals surface area contributed by atoms with Crippen molar-refractivity contribution >= 4 is 40.3 Å². The van der Waals surface area contributed by atoms with Crippen molar-refractivity contribution in [1.29, 1.82) is 0 Å². The number of rotatable bonds is 4. The minimum atomic E-state index is -0.579. The number of nitro groups is 1. The Balaban J connectivity index is 1.79. The maximum atomic E-state index is 13.0. The van der Waals surface area contributed by atoms with Gasteiger partial charge in [0.05, 0.1) is 29.4 Å². The SMILES string of the molecule is O=C(NC(=S)Nc1ccc(F)cc1)c1cc([N+](=O)[O-])ccc1N1CCOCC1.